The molecule has 4 rings (SSSR count). The van der Waals surface area contributed by atoms with Crippen molar-refractivity contribution in [3.05, 3.63) is 39.2 Å². The first-order chi connectivity index (χ1) is 13.5. The number of hydrogen-bond donors (Lipinski definition) is 4. The summed E-state index contributed by atoms with van der Waals surface area (Å²) in [5, 5.41) is 31.3. The topological polar surface area (TPSA) is 123 Å². The van der Waals surface area contributed by atoms with E-state index in [-0.39, 0.29) is 5.56 Å². The average Bonchev–Trinajstić information content (AvgIpc) is 2.72. The fraction of sp³-hybridized carbons (Fsp3) is 0.500. The molecule has 0 atom stereocenters. The van der Waals surface area contributed by atoms with E-state index in [2.05, 4.69) is 10.2 Å². The number of nitrogens with one attached hydrogen (secondary N) is 1. The average molecular weight is 388 g/mol. The van der Waals surface area contributed by atoms with Gasteiger partial charge < -0.3 is 30.0 Å². The number of rotatable bonds is 5. The molecule has 8 nitrogen and oxygen atoms in total. The number of amides is 1. The highest BCUT2D eigenvalue weighted by atomic mass is 16.4. The summed E-state index contributed by atoms with van der Waals surface area (Å²) in [6, 6.07) is 3.47. The predicted octanol–water partition coefficient (Wildman–Crippen LogP) is -0.0627. The summed E-state index contributed by atoms with van der Waals surface area (Å²) in [4.78, 5) is 27.5. The van der Waals surface area contributed by atoms with Crippen molar-refractivity contribution in [2.24, 2.45) is 0 Å². The number of carbonyl (C=O) groups excluding carboxylic acids is 1. The normalized spacial score (nSPS) is 16.2. The third kappa shape index (κ3) is 2.97. The van der Waals surface area contributed by atoms with Gasteiger partial charge in [0, 0.05) is 29.7 Å². The maximum atomic E-state index is 12.6. The van der Waals surface area contributed by atoms with Gasteiger partial charge in [-0.2, -0.15) is 0 Å². The number of fused-ring (bicyclic) bond motifs is 2. The molecule has 0 fully saturated rings. The van der Waals surface area contributed by atoms with Crippen LogP contribution in [0.25, 0.3) is 11.0 Å². The van der Waals surface area contributed by atoms with E-state index in [1.54, 1.807) is 0 Å². The Morgan fingerprint density at radius 1 is 1.11 bits per heavy atom. The van der Waals surface area contributed by atoms with Crippen molar-refractivity contribution in [2.45, 2.75) is 31.2 Å². The van der Waals surface area contributed by atoms with E-state index in [1.807, 2.05) is 6.07 Å². The highest BCUT2D eigenvalue weighted by Gasteiger charge is 2.32. The summed E-state index contributed by atoms with van der Waals surface area (Å²) in [6.45, 7) is -0.00197. The molecular weight excluding hydrogens is 364 g/mol. The van der Waals surface area contributed by atoms with Crippen LogP contribution in [0.1, 0.15) is 34.3 Å². The molecule has 0 saturated carbocycles. The molecule has 0 radical (unpaired) electrons. The molecule has 0 bridgehead atoms. The van der Waals surface area contributed by atoms with Crippen molar-refractivity contribution in [1.82, 2.24) is 5.32 Å². The van der Waals surface area contributed by atoms with E-state index in [0.717, 1.165) is 44.3 Å². The second kappa shape index (κ2) is 7.20. The van der Waals surface area contributed by atoms with Crippen molar-refractivity contribution in [2.75, 3.05) is 37.8 Å². The van der Waals surface area contributed by atoms with E-state index in [1.165, 1.54) is 17.3 Å². The van der Waals surface area contributed by atoms with Crippen LogP contribution >= 0.6 is 0 Å². The lowest BCUT2D eigenvalue weighted by Crippen LogP contribution is -2.57. The SMILES string of the molecule is O=C(NC(CO)(CO)CO)c1cc2cc3c4c(c2oc1=O)CCCN4CCC3. The van der Waals surface area contributed by atoms with Crippen molar-refractivity contribution in [3.8, 4) is 0 Å². The number of nitrogens with zero attached hydrogens (tertiary/aromatic N) is 1. The first kappa shape index (κ1) is 18.9. The highest BCUT2D eigenvalue weighted by Crippen LogP contribution is 2.39. The molecule has 0 saturated heterocycles. The molecule has 2 aromatic rings. The second-order valence-corrected chi connectivity index (χ2v) is 7.63. The monoisotopic (exact) mass is 388 g/mol. The molecule has 1 aromatic heterocycles. The van der Waals surface area contributed by atoms with E-state index < -0.39 is 36.9 Å². The molecule has 0 spiro atoms. The third-order valence-corrected chi connectivity index (χ3v) is 5.75. The van der Waals surface area contributed by atoms with Gasteiger partial charge in [0.25, 0.3) is 5.91 Å². The maximum absolute atomic E-state index is 12.6. The number of aliphatic hydroxyl groups excluding tert-OH is 3. The van der Waals surface area contributed by atoms with Crippen LogP contribution in [0.5, 0.6) is 0 Å². The zero-order valence-corrected chi connectivity index (χ0v) is 15.5. The van der Waals surface area contributed by atoms with Gasteiger partial charge in [-0.05, 0) is 43.4 Å². The van der Waals surface area contributed by atoms with Gasteiger partial charge in [0.2, 0.25) is 0 Å². The Bertz CT molecular complexity index is 969. The second-order valence-electron chi connectivity index (χ2n) is 7.63. The first-order valence-electron chi connectivity index (χ1n) is 9.54. The fourth-order valence-corrected chi connectivity index (χ4v) is 4.18. The lowest BCUT2D eigenvalue weighted by atomic mass is 9.90. The highest BCUT2D eigenvalue weighted by molar-refractivity contribution is 5.98. The molecule has 1 aromatic carbocycles. The summed E-state index contributed by atoms with van der Waals surface area (Å²) in [5.41, 5.74) is 1.30. The van der Waals surface area contributed by atoms with Gasteiger partial charge in [0.1, 0.15) is 16.7 Å². The van der Waals surface area contributed by atoms with E-state index in [4.69, 9.17) is 4.42 Å². The Balaban J connectivity index is 1.80. The van der Waals surface area contributed by atoms with Gasteiger partial charge in [-0.1, -0.05) is 0 Å². The molecule has 2 aliphatic heterocycles. The Hall–Kier alpha value is -2.42. The third-order valence-electron chi connectivity index (χ3n) is 5.75. The molecule has 0 aliphatic carbocycles. The zero-order chi connectivity index (χ0) is 19.9. The fourth-order valence-electron chi connectivity index (χ4n) is 4.18. The Morgan fingerprint density at radius 2 is 1.79 bits per heavy atom. The first-order valence-corrected chi connectivity index (χ1v) is 9.54. The van der Waals surface area contributed by atoms with E-state index in [0.29, 0.717) is 11.0 Å². The van der Waals surface area contributed by atoms with Gasteiger partial charge in [-0.3, -0.25) is 4.79 Å². The van der Waals surface area contributed by atoms with Crippen LogP contribution in [0.2, 0.25) is 0 Å². The smallest absolute Gasteiger partial charge is 0.349 e. The molecule has 28 heavy (non-hydrogen) atoms. The number of benzene rings is 1. The quantitative estimate of drug-likeness (QED) is 0.529. The van der Waals surface area contributed by atoms with Crippen LogP contribution in [0.4, 0.5) is 5.69 Å². The van der Waals surface area contributed by atoms with Crippen LogP contribution in [0, 0.1) is 0 Å². The van der Waals surface area contributed by atoms with Crippen molar-refractivity contribution < 1.29 is 24.5 Å². The summed E-state index contributed by atoms with van der Waals surface area (Å²) < 4.78 is 5.57. The van der Waals surface area contributed by atoms with Gasteiger partial charge >= 0.3 is 5.63 Å². The Kier molecular flexibility index (Phi) is 4.86. The number of aryl methyl sites for hydroxylation is 2. The molecule has 2 aliphatic rings. The molecule has 4 N–H and O–H groups in total. The molecule has 0 unspecified atom stereocenters. The summed E-state index contributed by atoms with van der Waals surface area (Å²) in [6.07, 6.45) is 3.82. The summed E-state index contributed by atoms with van der Waals surface area (Å²) in [5.74, 6) is -0.805. The lowest BCUT2D eigenvalue weighted by molar-refractivity contribution is 0.0373. The molecular formula is C20H24N2O6. The van der Waals surface area contributed by atoms with E-state index >= 15 is 0 Å². The number of anilines is 1. The van der Waals surface area contributed by atoms with Crippen LogP contribution in [0.15, 0.2) is 21.3 Å². The van der Waals surface area contributed by atoms with Gasteiger partial charge in [-0.25, -0.2) is 4.79 Å². The van der Waals surface area contributed by atoms with Crippen LogP contribution in [-0.4, -0.2) is 59.7 Å². The largest absolute Gasteiger partial charge is 0.422 e. The Morgan fingerprint density at radius 3 is 2.46 bits per heavy atom. The van der Waals surface area contributed by atoms with E-state index in [9.17, 15) is 24.9 Å². The van der Waals surface area contributed by atoms with Crippen molar-refractivity contribution in [3.63, 3.8) is 0 Å². The molecule has 3 heterocycles. The van der Waals surface area contributed by atoms with Crippen LogP contribution < -0.4 is 15.8 Å². The number of aliphatic hydroxyl groups is 3. The molecule has 150 valence electrons. The van der Waals surface area contributed by atoms with Gasteiger partial charge in [-0.15, -0.1) is 0 Å². The molecule has 8 heteroatoms. The lowest BCUT2D eigenvalue weighted by Gasteiger charge is -2.37. The van der Waals surface area contributed by atoms with Crippen molar-refractivity contribution in [1.29, 1.82) is 0 Å². The predicted molar refractivity (Wildman–Crippen MR) is 103 cm³/mol. The molecule has 1 amide bonds. The zero-order valence-electron chi connectivity index (χ0n) is 15.5. The Labute approximate surface area is 161 Å². The maximum Gasteiger partial charge on any atom is 0.349 e. The van der Waals surface area contributed by atoms with Crippen molar-refractivity contribution >= 4 is 22.6 Å². The van der Waals surface area contributed by atoms with Gasteiger partial charge in [0.15, 0.2) is 0 Å². The summed E-state index contributed by atoms with van der Waals surface area (Å²) in [7, 11) is 0. The number of hydrogen-bond acceptors (Lipinski definition) is 7. The standard InChI is InChI=1S/C20H24N2O6/c23-9-20(10-24,11-25)21-18(26)15-8-13-7-12-3-1-5-22-6-2-4-14(16(12)22)17(13)28-19(15)27/h7-8,23-25H,1-6,9-11H2,(H,21,26). The van der Waals surface area contributed by atoms with Crippen LogP contribution in [-0.2, 0) is 12.8 Å². The minimum absolute atomic E-state index is 0.220. The van der Waals surface area contributed by atoms with Crippen LogP contribution in [0.3, 0.4) is 0 Å². The minimum Gasteiger partial charge on any atom is -0.422 e. The van der Waals surface area contributed by atoms with Gasteiger partial charge in [0.05, 0.1) is 19.8 Å². The minimum atomic E-state index is -1.61. The number of carbonyl (C=O) groups is 1. The summed E-state index contributed by atoms with van der Waals surface area (Å²) >= 11 is 0.